The molecule has 3 aromatic carbocycles. The molecule has 4 aromatic rings. The summed E-state index contributed by atoms with van der Waals surface area (Å²) in [6.07, 6.45) is 0. The summed E-state index contributed by atoms with van der Waals surface area (Å²) in [6, 6.07) is 22.0. The first-order valence-corrected chi connectivity index (χ1v) is 9.20. The SMILES string of the molecule is Cc1ccccc1-c1[nH]c2cc3c(cc2[n+]1C)[Si]c1ccccc1-3. The van der Waals surface area contributed by atoms with Gasteiger partial charge in [-0.1, -0.05) is 47.7 Å². The monoisotopic (exact) mass is 325 g/mol. The minimum absolute atomic E-state index is 0.757. The van der Waals surface area contributed by atoms with Crippen molar-refractivity contribution in [3.8, 4) is 22.5 Å². The van der Waals surface area contributed by atoms with Crippen molar-refractivity contribution in [2.75, 3.05) is 0 Å². The molecule has 114 valence electrons. The molecule has 2 radical (unpaired) electrons. The Labute approximate surface area is 143 Å². The summed E-state index contributed by atoms with van der Waals surface area (Å²) in [7, 11) is 2.91. The number of nitrogens with one attached hydrogen (secondary N) is 1. The molecule has 24 heavy (non-hydrogen) atoms. The van der Waals surface area contributed by atoms with Crippen LogP contribution in [0.15, 0.2) is 60.7 Å². The Morgan fingerprint density at radius 2 is 1.58 bits per heavy atom. The maximum atomic E-state index is 3.65. The van der Waals surface area contributed by atoms with Gasteiger partial charge in [-0.05, 0) is 47.0 Å². The average molecular weight is 325 g/mol. The second-order valence-corrected chi connectivity index (χ2v) is 7.76. The van der Waals surface area contributed by atoms with Gasteiger partial charge < -0.3 is 0 Å². The molecule has 1 aliphatic heterocycles. The first-order valence-electron chi connectivity index (χ1n) is 8.20. The van der Waals surface area contributed by atoms with E-state index in [4.69, 9.17) is 0 Å². The Morgan fingerprint density at radius 1 is 0.833 bits per heavy atom. The van der Waals surface area contributed by atoms with Crippen molar-refractivity contribution in [2.45, 2.75) is 6.92 Å². The maximum absolute atomic E-state index is 3.65. The van der Waals surface area contributed by atoms with E-state index in [0.29, 0.717) is 0 Å². The molecule has 0 unspecified atom stereocenters. The fraction of sp³-hybridized carbons (Fsp3) is 0.0952. The van der Waals surface area contributed by atoms with Gasteiger partial charge in [0, 0.05) is 0 Å². The Morgan fingerprint density at radius 3 is 2.42 bits per heavy atom. The summed E-state index contributed by atoms with van der Waals surface area (Å²) < 4.78 is 2.28. The third kappa shape index (κ3) is 1.85. The topological polar surface area (TPSA) is 19.7 Å². The molecule has 0 amide bonds. The third-order valence-electron chi connectivity index (χ3n) is 4.97. The lowest BCUT2D eigenvalue weighted by Crippen LogP contribution is -2.30. The van der Waals surface area contributed by atoms with E-state index >= 15 is 0 Å². The van der Waals surface area contributed by atoms with Crippen molar-refractivity contribution in [3.63, 3.8) is 0 Å². The highest BCUT2D eigenvalue weighted by molar-refractivity contribution is 6.73. The summed E-state index contributed by atoms with van der Waals surface area (Å²) in [5, 5.41) is 2.91. The van der Waals surface area contributed by atoms with Crippen molar-refractivity contribution in [2.24, 2.45) is 7.05 Å². The van der Waals surface area contributed by atoms with Crippen LogP contribution in [0.4, 0.5) is 0 Å². The summed E-state index contributed by atoms with van der Waals surface area (Å²) >= 11 is 0. The highest BCUT2D eigenvalue weighted by atomic mass is 28.2. The number of imidazole rings is 1. The molecule has 0 spiro atoms. The van der Waals surface area contributed by atoms with Gasteiger partial charge in [-0.15, -0.1) is 0 Å². The van der Waals surface area contributed by atoms with Gasteiger partial charge in [-0.2, -0.15) is 0 Å². The summed E-state index contributed by atoms with van der Waals surface area (Å²) in [4.78, 5) is 3.65. The van der Waals surface area contributed by atoms with Crippen molar-refractivity contribution in [3.05, 3.63) is 66.2 Å². The van der Waals surface area contributed by atoms with Crippen LogP contribution in [0.1, 0.15) is 5.56 Å². The fourth-order valence-electron chi connectivity index (χ4n) is 3.68. The van der Waals surface area contributed by atoms with E-state index in [1.54, 1.807) is 0 Å². The number of benzene rings is 3. The van der Waals surface area contributed by atoms with Crippen LogP contribution in [-0.4, -0.2) is 14.5 Å². The Kier molecular flexibility index (Phi) is 2.82. The van der Waals surface area contributed by atoms with Crippen LogP contribution in [-0.2, 0) is 7.05 Å². The number of aromatic nitrogens is 2. The van der Waals surface area contributed by atoms with Gasteiger partial charge in [0.25, 0.3) is 5.82 Å². The fourth-order valence-corrected chi connectivity index (χ4v) is 5.06. The summed E-state index contributed by atoms with van der Waals surface area (Å²) in [5.74, 6) is 1.17. The van der Waals surface area contributed by atoms with Gasteiger partial charge >= 0.3 is 0 Å². The minimum atomic E-state index is 0.757. The predicted octanol–water partition coefficient (Wildman–Crippen LogP) is 2.60. The third-order valence-corrected chi connectivity index (χ3v) is 6.36. The maximum Gasteiger partial charge on any atom is 0.287 e. The van der Waals surface area contributed by atoms with Gasteiger partial charge in [0.1, 0.15) is 9.52 Å². The molecule has 2 nitrogen and oxygen atoms in total. The van der Waals surface area contributed by atoms with E-state index < -0.39 is 0 Å². The standard InChI is InChI=1S/C21H16N2Si/c1-13-7-3-4-8-14(13)21-22-17-11-16-15-9-5-6-10-19(15)24-20(16)12-18(17)23(21)2/h3-12H,1-2H3/p+1. The number of H-pyrrole nitrogens is 1. The van der Waals surface area contributed by atoms with Gasteiger partial charge in [0.05, 0.1) is 12.6 Å². The largest absolute Gasteiger partial charge is 0.287 e. The Bertz CT molecular complexity index is 1110. The van der Waals surface area contributed by atoms with E-state index in [9.17, 15) is 0 Å². The molecule has 0 atom stereocenters. The average Bonchev–Trinajstić information content (AvgIpc) is 3.11. The van der Waals surface area contributed by atoms with E-state index in [1.807, 2.05) is 0 Å². The van der Waals surface area contributed by atoms with Crippen molar-refractivity contribution in [1.29, 1.82) is 0 Å². The molecule has 1 N–H and O–H groups in total. The van der Waals surface area contributed by atoms with Crippen LogP contribution in [0.5, 0.6) is 0 Å². The van der Waals surface area contributed by atoms with Gasteiger partial charge in [-0.3, -0.25) is 0 Å². The molecule has 0 fully saturated rings. The number of hydrogen-bond acceptors (Lipinski definition) is 0. The lowest BCUT2D eigenvalue weighted by molar-refractivity contribution is -0.633. The summed E-state index contributed by atoms with van der Waals surface area (Å²) in [5.41, 5.74) is 7.80. The molecular formula is C21H17N2Si+. The second-order valence-electron chi connectivity index (χ2n) is 6.43. The molecule has 0 saturated carbocycles. The van der Waals surface area contributed by atoms with Crippen LogP contribution < -0.4 is 14.9 Å². The molecule has 1 aliphatic rings. The number of aromatic amines is 1. The molecule has 0 saturated heterocycles. The van der Waals surface area contributed by atoms with E-state index in [1.165, 1.54) is 49.5 Å². The first-order chi connectivity index (χ1) is 11.7. The predicted molar refractivity (Wildman–Crippen MR) is 100 cm³/mol. The van der Waals surface area contributed by atoms with Crippen LogP contribution in [0.2, 0.25) is 0 Å². The number of nitrogens with zero attached hydrogens (tertiary/aromatic N) is 1. The normalized spacial score (nSPS) is 12.4. The van der Waals surface area contributed by atoms with Crippen LogP contribution in [0.25, 0.3) is 33.5 Å². The minimum Gasteiger partial charge on any atom is -0.236 e. The van der Waals surface area contributed by atoms with Crippen LogP contribution >= 0.6 is 0 Å². The Balaban J connectivity index is 1.76. The first kappa shape index (κ1) is 13.8. The number of fused-ring (bicyclic) bond motifs is 4. The number of rotatable bonds is 1. The second kappa shape index (κ2) is 4.92. The quantitative estimate of drug-likeness (QED) is 0.361. The van der Waals surface area contributed by atoms with Crippen LogP contribution in [0, 0.1) is 6.92 Å². The lowest BCUT2D eigenvalue weighted by Gasteiger charge is -2.00. The van der Waals surface area contributed by atoms with E-state index in [0.717, 1.165) is 9.52 Å². The molecule has 5 rings (SSSR count). The van der Waals surface area contributed by atoms with Crippen molar-refractivity contribution in [1.82, 2.24) is 4.98 Å². The van der Waals surface area contributed by atoms with Crippen molar-refractivity contribution < 1.29 is 4.57 Å². The molecule has 1 aromatic heterocycles. The lowest BCUT2D eigenvalue weighted by atomic mass is 10.1. The van der Waals surface area contributed by atoms with Gasteiger partial charge in [0.2, 0.25) is 0 Å². The Hall–Kier alpha value is -2.65. The smallest absolute Gasteiger partial charge is 0.236 e. The molecule has 0 bridgehead atoms. The zero-order valence-corrected chi connectivity index (χ0v) is 14.7. The van der Waals surface area contributed by atoms with Gasteiger partial charge in [-0.25, -0.2) is 9.55 Å². The zero-order chi connectivity index (χ0) is 16.3. The molecule has 3 heteroatoms. The zero-order valence-electron chi connectivity index (χ0n) is 13.7. The number of hydrogen-bond donors (Lipinski definition) is 1. The van der Waals surface area contributed by atoms with Gasteiger partial charge in [0.15, 0.2) is 11.0 Å². The van der Waals surface area contributed by atoms with Crippen LogP contribution in [0.3, 0.4) is 0 Å². The highest BCUT2D eigenvalue weighted by Crippen LogP contribution is 2.26. The van der Waals surface area contributed by atoms with Crippen molar-refractivity contribution >= 4 is 30.9 Å². The van der Waals surface area contributed by atoms with E-state index in [-0.39, 0.29) is 0 Å². The molecule has 0 aliphatic carbocycles. The number of aryl methyl sites for hydroxylation is 2. The summed E-state index contributed by atoms with van der Waals surface area (Å²) in [6.45, 7) is 2.17. The van der Waals surface area contributed by atoms with E-state index in [2.05, 4.69) is 84.2 Å². The molecule has 2 heterocycles. The highest BCUT2D eigenvalue weighted by Gasteiger charge is 2.25. The molecular weight excluding hydrogens is 308 g/mol.